The van der Waals surface area contributed by atoms with E-state index in [0.717, 1.165) is 18.2 Å². The van der Waals surface area contributed by atoms with E-state index in [2.05, 4.69) is 4.74 Å². The van der Waals surface area contributed by atoms with E-state index in [1.54, 1.807) is 0 Å². The van der Waals surface area contributed by atoms with Crippen LogP contribution in [0, 0.1) is 23.3 Å². The van der Waals surface area contributed by atoms with Crippen molar-refractivity contribution < 1.29 is 46.8 Å². The third kappa shape index (κ3) is 4.02. The molecule has 0 aliphatic rings. The number of hydrogen-bond donors (Lipinski definition) is 2. The van der Waals surface area contributed by atoms with Crippen LogP contribution in [0.15, 0.2) is 24.3 Å². The van der Waals surface area contributed by atoms with Crippen molar-refractivity contribution in [1.82, 2.24) is 0 Å². The normalized spacial score (nSPS) is 10.5. The highest BCUT2D eigenvalue weighted by Crippen LogP contribution is 2.27. The lowest BCUT2D eigenvalue weighted by molar-refractivity contribution is 0.0681. The summed E-state index contributed by atoms with van der Waals surface area (Å²) in [6.45, 7) is -0.940. The predicted molar refractivity (Wildman–Crippen MR) is 77.6 cm³/mol. The SMILES string of the molecule is O=C(O)c1ccc(OCCOc2c(F)cc(C(=O)O)c(F)c2F)c(F)c1. The lowest BCUT2D eigenvalue weighted by Crippen LogP contribution is -2.13. The van der Waals surface area contributed by atoms with Gasteiger partial charge in [0.25, 0.3) is 0 Å². The van der Waals surface area contributed by atoms with Gasteiger partial charge in [-0.2, -0.15) is 4.39 Å². The summed E-state index contributed by atoms with van der Waals surface area (Å²) in [7, 11) is 0. The Labute approximate surface area is 143 Å². The number of benzene rings is 2. The van der Waals surface area contributed by atoms with Gasteiger partial charge in [-0.05, 0) is 24.3 Å². The van der Waals surface area contributed by atoms with Crippen LogP contribution >= 0.6 is 0 Å². The van der Waals surface area contributed by atoms with Gasteiger partial charge in [0, 0.05) is 0 Å². The molecule has 2 aromatic carbocycles. The molecular weight excluding hydrogens is 364 g/mol. The van der Waals surface area contributed by atoms with Crippen molar-refractivity contribution >= 4 is 11.9 Å². The summed E-state index contributed by atoms with van der Waals surface area (Å²) in [5.74, 6) is -10.7. The molecule has 2 N–H and O–H groups in total. The number of halogens is 4. The summed E-state index contributed by atoms with van der Waals surface area (Å²) in [4.78, 5) is 21.3. The second-order valence-corrected chi connectivity index (χ2v) is 4.82. The van der Waals surface area contributed by atoms with E-state index in [4.69, 9.17) is 14.9 Å². The van der Waals surface area contributed by atoms with Crippen molar-refractivity contribution in [3.05, 3.63) is 58.7 Å². The smallest absolute Gasteiger partial charge is 0.338 e. The van der Waals surface area contributed by atoms with E-state index in [1.165, 1.54) is 0 Å². The molecule has 0 atom stereocenters. The molecule has 0 aliphatic heterocycles. The van der Waals surface area contributed by atoms with Crippen molar-refractivity contribution in [2.75, 3.05) is 13.2 Å². The Morgan fingerprint density at radius 3 is 2.08 bits per heavy atom. The molecule has 138 valence electrons. The second-order valence-electron chi connectivity index (χ2n) is 4.82. The van der Waals surface area contributed by atoms with E-state index in [1.807, 2.05) is 0 Å². The minimum Gasteiger partial charge on any atom is -0.487 e. The molecule has 0 unspecified atom stereocenters. The van der Waals surface area contributed by atoms with Gasteiger partial charge in [-0.25, -0.2) is 22.8 Å². The highest BCUT2D eigenvalue weighted by atomic mass is 19.2. The Bertz CT molecular complexity index is 868. The van der Waals surface area contributed by atoms with Crippen molar-refractivity contribution in [2.45, 2.75) is 0 Å². The molecule has 0 saturated carbocycles. The maximum Gasteiger partial charge on any atom is 0.338 e. The molecule has 2 aromatic rings. The first-order chi connectivity index (χ1) is 12.2. The first-order valence-corrected chi connectivity index (χ1v) is 6.91. The minimum atomic E-state index is -1.85. The second kappa shape index (κ2) is 7.72. The highest BCUT2D eigenvalue weighted by Gasteiger charge is 2.23. The lowest BCUT2D eigenvalue weighted by atomic mass is 10.2. The van der Waals surface area contributed by atoms with Crippen LogP contribution < -0.4 is 9.47 Å². The average Bonchev–Trinajstić information content (AvgIpc) is 2.58. The van der Waals surface area contributed by atoms with Crippen LogP contribution in [0.5, 0.6) is 11.5 Å². The number of carboxylic acids is 2. The Kier molecular flexibility index (Phi) is 5.65. The van der Waals surface area contributed by atoms with Gasteiger partial charge in [-0.15, -0.1) is 0 Å². The Hall–Kier alpha value is -3.30. The standard InChI is InChI=1S/C16H10F4O6/c17-9-5-7(15(21)22)1-2-11(9)25-3-4-26-14-10(18)6-8(16(23)24)12(19)13(14)20/h1-2,5-6H,3-4H2,(H,21,22)(H,23,24). The van der Waals surface area contributed by atoms with Crippen LogP contribution in [0.2, 0.25) is 0 Å². The summed E-state index contributed by atoms with van der Waals surface area (Å²) in [6, 6.07) is 3.11. The topological polar surface area (TPSA) is 93.1 Å². The van der Waals surface area contributed by atoms with Crippen LogP contribution in [-0.2, 0) is 0 Å². The molecule has 0 heterocycles. The molecule has 0 aliphatic carbocycles. The van der Waals surface area contributed by atoms with Crippen molar-refractivity contribution in [2.24, 2.45) is 0 Å². The van der Waals surface area contributed by atoms with E-state index in [9.17, 15) is 27.2 Å². The summed E-state index contributed by atoms with van der Waals surface area (Å²) >= 11 is 0. The monoisotopic (exact) mass is 374 g/mol. The molecule has 6 nitrogen and oxygen atoms in total. The van der Waals surface area contributed by atoms with Gasteiger partial charge < -0.3 is 19.7 Å². The van der Waals surface area contributed by atoms with Gasteiger partial charge in [-0.1, -0.05) is 0 Å². The fraction of sp³-hybridized carbons (Fsp3) is 0.125. The third-order valence-electron chi connectivity index (χ3n) is 3.11. The van der Waals surface area contributed by atoms with Gasteiger partial charge in [0.05, 0.1) is 5.56 Å². The molecule has 0 bridgehead atoms. The molecule has 0 spiro atoms. The van der Waals surface area contributed by atoms with Crippen LogP contribution in [0.1, 0.15) is 20.7 Å². The van der Waals surface area contributed by atoms with Crippen LogP contribution in [-0.4, -0.2) is 35.4 Å². The van der Waals surface area contributed by atoms with Crippen LogP contribution in [0.25, 0.3) is 0 Å². The Morgan fingerprint density at radius 1 is 0.846 bits per heavy atom. The summed E-state index contributed by atoms with van der Waals surface area (Å²) in [6.07, 6.45) is 0. The van der Waals surface area contributed by atoms with Crippen molar-refractivity contribution in [3.63, 3.8) is 0 Å². The lowest BCUT2D eigenvalue weighted by Gasteiger charge is -2.11. The summed E-state index contributed by atoms with van der Waals surface area (Å²) in [5, 5.41) is 17.3. The molecule has 0 amide bonds. The molecule has 26 heavy (non-hydrogen) atoms. The number of aromatic carboxylic acids is 2. The molecule has 0 aromatic heterocycles. The quantitative estimate of drug-likeness (QED) is 0.440. The maximum absolute atomic E-state index is 13.7. The zero-order valence-corrected chi connectivity index (χ0v) is 12.8. The number of ether oxygens (including phenoxy) is 2. The average molecular weight is 374 g/mol. The Morgan fingerprint density at radius 2 is 1.50 bits per heavy atom. The zero-order valence-electron chi connectivity index (χ0n) is 12.8. The van der Waals surface area contributed by atoms with Gasteiger partial charge in [0.15, 0.2) is 29.0 Å². The molecule has 0 radical (unpaired) electrons. The largest absolute Gasteiger partial charge is 0.487 e. The first kappa shape index (κ1) is 19.0. The Balaban J connectivity index is 2.02. The molecule has 0 saturated heterocycles. The summed E-state index contributed by atoms with van der Waals surface area (Å²) in [5.41, 5.74) is -1.49. The molecule has 10 heteroatoms. The van der Waals surface area contributed by atoms with Gasteiger partial charge in [-0.3, -0.25) is 0 Å². The number of hydrogen-bond acceptors (Lipinski definition) is 4. The fourth-order valence-electron chi connectivity index (χ4n) is 1.91. The van der Waals surface area contributed by atoms with Gasteiger partial charge in [0.2, 0.25) is 5.82 Å². The first-order valence-electron chi connectivity index (χ1n) is 6.91. The van der Waals surface area contributed by atoms with E-state index >= 15 is 0 Å². The van der Waals surface area contributed by atoms with Crippen LogP contribution in [0.3, 0.4) is 0 Å². The van der Waals surface area contributed by atoms with Gasteiger partial charge >= 0.3 is 11.9 Å². The van der Waals surface area contributed by atoms with Crippen molar-refractivity contribution in [3.8, 4) is 11.5 Å². The predicted octanol–water partition coefficient (Wildman–Crippen LogP) is 3.10. The molecule has 0 fully saturated rings. The number of carboxylic acid groups (broad SMARTS) is 2. The fourth-order valence-corrected chi connectivity index (χ4v) is 1.91. The van der Waals surface area contributed by atoms with E-state index in [-0.39, 0.29) is 17.4 Å². The summed E-state index contributed by atoms with van der Waals surface area (Å²) < 4.78 is 64.0. The highest BCUT2D eigenvalue weighted by molar-refractivity contribution is 5.88. The zero-order chi connectivity index (χ0) is 19.4. The van der Waals surface area contributed by atoms with E-state index in [0.29, 0.717) is 0 Å². The van der Waals surface area contributed by atoms with Crippen molar-refractivity contribution in [1.29, 1.82) is 0 Å². The number of rotatable bonds is 7. The molecular formula is C16H10F4O6. The van der Waals surface area contributed by atoms with Crippen LogP contribution in [0.4, 0.5) is 17.6 Å². The maximum atomic E-state index is 13.7. The van der Waals surface area contributed by atoms with E-state index < -0.39 is 59.7 Å². The minimum absolute atomic E-state index is 0.265. The third-order valence-corrected chi connectivity index (χ3v) is 3.11. The number of carbonyl (C=O) groups is 2. The van der Waals surface area contributed by atoms with Gasteiger partial charge in [0.1, 0.15) is 18.8 Å². The molecule has 2 rings (SSSR count).